The molecule has 2 rings (SSSR count). The molecule has 22 heavy (non-hydrogen) atoms. The summed E-state index contributed by atoms with van der Waals surface area (Å²) in [6.45, 7) is 0. The molecule has 0 fully saturated rings. The summed E-state index contributed by atoms with van der Waals surface area (Å²) in [6, 6.07) is 3.40. The number of hydrogen-bond acceptors (Lipinski definition) is 4. The van der Waals surface area contributed by atoms with Crippen LogP contribution in [0.2, 0.25) is 0 Å². The van der Waals surface area contributed by atoms with Gasteiger partial charge in [0.05, 0.1) is 11.3 Å². The predicted octanol–water partition coefficient (Wildman–Crippen LogP) is 3.67. The number of carboxylic acid groups (broad SMARTS) is 1. The zero-order valence-electron chi connectivity index (χ0n) is 10.7. The predicted molar refractivity (Wildman–Crippen MR) is 71.1 cm³/mol. The van der Waals surface area contributed by atoms with Gasteiger partial charge in [0.25, 0.3) is 0 Å². The standard InChI is InChI=1S/C13H8F4N2O2S/c14-8-3-6(13(15,16)17)1-2-10(8)22-7-4-9(18)11(12(20)21)19-5-7/h1-5H,18H2,(H,20,21). The number of halogens is 4. The molecule has 0 aliphatic rings. The largest absolute Gasteiger partial charge is 0.476 e. The molecule has 0 radical (unpaired) electrons. The van der Waals surface area contributed by atoms with Crippen LogP contribution in [0.5, 0.6) is 0 Å². The van der Waals surface area contributed by atoms with E-state index in [0.717, 1.165) is 30.1 Å². The first-order chi connectivity index (χ1) is 10.2. The van der Waals surface area contributed by atoms with Gasteiger partial charge in [-0.3, -0.25) is 0 Å². The topological polar surface area (TPSA) is 76.2 Å². The van der Waals surface area contributed by atoms with Crippen LogP contribution in [0.15, 0.2) is 40.3 Å². The van der Waals surface area contributed by atoms with Crippen LogP contribution in [0.4, 0.5) is 23.2 Å². The molecule has 9 heteroatoms. The maximum atomic E-state index is 13.7. The van der Waals surface area contributed by atoms with Crippen molar-refractivity contribution in [3.63, 3.8) is 0 Å². The maximum absolute atomic E-state index is 13.7. The lowest BCUT2D eigenvalue weighted by Gasteiger charge is -2.09. The van der Waals surface area contributed by atoms with Gasteiger partial charge in [0.1, 0.15) is 5.82 Å². The van der Waals surface area contributed by atoms with E-state index in [1.165, 1.54) is 6.07 Å². The van der Waals surface area contributed by atoms with Crippen LogP contribution in [0.25, 0.3) is 0 Å². The second kappa shape index (κ2) is 5.84. The molecule has 3 N–H and O–H groups in total. The second-order valence-electron chi connectivity index (χ2n) is 4.16. The molecule has 0 atom stereocenters. The van der Waals surface area contributed by atoms with Crippen molar-refractivity contribution in [2.24, 2.45) is 0 Å². The summed E-state index contributed by atoms with van der Waals surface area (Å²) in [5, 5.41) is 8.78. The van der Waals surface area contributed by atoms with E-state index in [0.29, 0.717) is 11.0 Å². The van der Waals surface area contributed by atoms with E-state index in [1.54, 1.807) is 0 Å². The number of nitrogens with zero attached hydrogens (tertiary/aromatic N) is 1. The van der Waals surface area contributed by atoms with Gasteiger partial charge >= 0.3 is 12.1 Å². The van der Waals surface area contributed by atoms with Gasteiger partial charge in [-0.25, -0.2) is 14.2 Å². The Morgan fingerprint density at radius 3 is 2.45 bits per heavy atom. The summed E-state index contributed by atoms with van der Waals surface area (Å²) in [6.07, 6.45) is -3.47. The lowest BCUT2D eigenvalue weighted by atomic mass is 10.2. The van der Waals surface area contributed by atoms with Crippen molar-refractivity contribution in [2.75, 3.05) is 5.73 Å². The van der Waals surface area contributed by atoms with Crippen LogP contribution in [0, 0.1) is 5.82 Å². The number of carbonyl (C=O) groups is 1. The fourth-order valence-electron chi connectivity index (χ4n) is 1.58. The average Bonchev–Trinajstić information content (AvgIpc) is 2.39. The number of alkyl halides is 3. The van der Waals surface area contributed by atoms with Crippen LogP contribution in [0.1, 0.15) is 16.1 Å². The summed E-state index contributed by atoms with van der Waals surface area (Å²) in [7, 11) is 0. The van der Waals surface area contributed by atoms with Crippen molar-refractivity contribution >= 4 is 23.4 Å². The molecule has 0 spiro atoms. The van der Waals surface area contributed by atoms with Crippen molar-refractivity contribution in [3.8, 4) is 0 Å². The minimum atomic E-state index is -4.63. The molecular weight excluding hydrogens is 324 g/mol. The molecule has 0 saturated heterocycles. The van der Waals surface area contributed by atoms with Gasteiger partial charge in [0, 0.05) is 16.0 Å². The first kappa shape index (κ1) is 16.1. The van der Waals surface area contributed by atoms with E-state index in [4.69, 9.17) is 10.8 Å². The Kier molecular flexibility index (Phi) is 4.27. The Morgan fingerprint density at radius 2 is 1.95 bits per heavy atom. The highest BCUT2D eigenvalue weighted by Crippen LogP contribution is 2.35. The summed E-state index contributed by atoms with van der Waals surface area (Å²) in [5.41, 5.74) is 3.94. The third-order valence-corrected chi connectivity index (χ3v) is 3.59. The first-order valence-electron chi connectivity index (χ1n) is 5.72. The van der Waals surface area contributed by atoms with Gasteiger partial charge in [0.15, 0.2) is 5.69 Å². The van der Waals surface area contributed by atoms with Crippen LogP contribution in [-0.4, -0.2) is 16.1 Å². The van der Waals surface area contributed by atoms with Gasteiger partial charge in [0.2, 0.25) is 0 Å². The number of carboxylic acids is 1. The second-order valence-corrected chi connectivity index (χ2v) is 5.27. The highest BCUT2D eigenvalue weighted by molar-refractivity contribution is 7.99. The lowest BCUT2D eigenvalue weighted by molar-refractivity contribution is -0.137. The molecule has 1 aromatic heterocycles. The third kappa shape index (κ3) is 3.48. The fraction of sp³-hybridized carbons (Fsp3) is 0.0769. The third-order valence-electron chi connectivity index (χ3n) is 2.58. The molecule has 0 aliphatic heterocycles. The monoisotopic (exact) mass is 332 g/mol. The minimum absolute atomic E-state index is 0.0581. The Balaban J connectivity index is 2.28. The number of aromatic nitrogens is 1. The van der Waals surface area contributed by atoms with E-state index in [9.17, 15) is 22.4 Å². The minimum Gasteiger partial charge on any atom is -0.476 e. The van der Waals surface area contributed by atoms with Crippen molar-refractivity contribution in [1.82, 2.24) is 4.98 Å². The summed E-state index contributed by atoms with van der Waals surface area (Å²) >= 11 is 0.790. The van der Waals surface area contributed by atoms with E-state index in [1.807, 2.05) is 0 Å². The first-order valence-corrected chi connectivity index (χ1v) is 6.53. The highest BCUT2D eigenvalue weighted by Gasteiger charge is 2.31. The highest BCUT2D eigenvalue weighted by atomic mass is 32.2. The maximum Gasteiger partial charge on any atom is 0.416 e. The molecule has 0 aliphatic carbocycles. The molecule has 116 valence electrons. The smallest absolute Gasteiger partial charge is 0.416 e. The van der Waals surface area contributed by atoms with Crippen LogP contribution >= 0.6 is 11.8 Å². The molecule has 1 aromatic carbocycles. The number of benzene rings is 1. The molecular formula is C13H8F4N2O2S. The van der Waals surface area contributed by atoms with Gasteiger partial charge in [-0.15, -0.1) is 0 Å². The number of nitrogen functional groups attached to an aromatic ring is 1. The molecule has 0 saturated carbocycles. The molecule has 0 unspecified atom stereocenters. The quantitative estimate of drug-likeness (QED) is 0.839. The van der Waals surface area contributed by atoms with Crippen molar-refractivity contribution in [1.29, 1.82) is 0 Å². The zero-order valence-corrected chi connectivity index (χ0v) is 11.5. The van der Waals surface area contributed by atoms with Crippen molar-refractivity contribution in [2.45, 2.75) is 16.0 Å². The van der Waals surface area contributed by atoms with Crippen LogP contribution < -0.4 is 5.73 Å². The van der Waals surface area contributed by atoms with Crippen LogP contribution in [-0.2, 0) is 6.18 Å². The molecule has 4 nitrogen and oxygen atoms in total. The van der Waals surface area contributed by atoms with Crippen molar-refractivity contribution < 1.29 is 27.5 Å². The van der Waals surface area contributed by atoms with Gasteiger partial charge in [-0.1, -0.05) is 11.8 Å². The Morgan fingerprint density at radius 1 is 1.27 bits per heavy atom. The molecule has 0 amide bonds. The van der Waals surface area contributed by atoms with Gasteiger partial charge in [-0.05, 0) is 24.3 Å². The normalized spacial score (nSPS) is 11.5. The number of hydrogen-bond donors (Lipinski definition) is 2. The van der Waals surface area contributed by atoms with E-state index in [-0.39, 0.29) is 16.3 Å². The molecule has 2 aromatic rings. The number of pyridine rings is 1. The SMILES string of the molecule is Nc1cc(Sc2ccc(C(F)(F)F)cc2F)cnc1C(=O)O. The zero-order chi connectivity index (χ0) is 16.5. The number of rotatable bonds is 3. The number of aromatic carboxylic acids is 1. The fourth-order valence-corrected chi connectivity index (χ4v) is 2.42. The summed E-state index contributed by atoms with van der Waals surface area (Å²) in [5.74, 6) is -2.35. The van der Waals surface area contributed by atoms with E-state index >= 15 is 0 Å². The average molecular weight is 332 g/mol. The molecule has 1 heterocycles. The Labute approximate surface area is 126 Å². The van der Waals surface area contributed by atoms with Gasteiger partial charge < -0.3 is 10.8 Å². The Hall–Kier alpha value is -2.29. The van der Waals surface area contributed by atoms with E-state index in [2.05, 4.69) is 4.98 Å². The van der Waals surface area contributed by atoms with Crippen molar-refractivity contribution in [3.05, 3.63) is 47.5 Å². The number of nitrogens with two attached hydrogens (primary N) is 1. The lowest BCUT2D eigenvalue weighted by Crippen LogP contribution is -2.06. The number of anilines is 1. The molecule has 0 bridgehead atoms. The summed E-state index contributed by atoms with van der Waals surface area (Å²) in [4.78, 5) is 14.6. The van der Waals surface area contributed by atoms with Crippen LogP contribution in [0.3, 0.4) is 0 Å². The Bertz CT molecular complexity index is 734. The summed E-state index contributed by atoms with van der Waals surface area (Å²) < 4.78 is 51.0. The van der Waals surface area contributed by atoms with E-state index < -0.39 is 23.5 Å². The van der Waals surface area contributed by atoms with Gasteiger partial charge in [-0.2, -0.15) is 13.2 Å².